The van der Waals surface area contributed by atoms with E-state index in [-0.39, 0.29) is 11.8 Å². The van der Waals surface area contributed by atoms with Crippen LogP contribution in [0.2, 0.25) is 10.0 Å². The number of nitrogens with one attached hydrogen (secondary N) is 1. The summed E-state index contributed by atoms with van der Waals surface area (Å²) in [5, 5.41) is 3.75. The van der Waals surface area contributed by atoms with Crippen molar-refractivity contribution in [2.24, 2.45) is 5.92 Å². The highest BCUT2D eigenvalue weighted by molar-refractivity contribution is 6.43. The SMILES string of the molecule is O=C(Nc1cccc(Cl)c1Cl)C1CCCCC1. The van der Waals surface area contributed by atoms with Crippen LogP contribution in [0, 0.1) is 5.92 Å². The van der Waals surface area contributed by atoms with E-state index in [9.17, 15) is 4.79 Å². The van der Waals surface area contributed by atoms with Crippen molar-refractivity contribution in [3.63, 3.8) is 0 Å². The molecule has 0 radical (unpaired) electrons. The molecule has 1 aliphatic rings. The predicted octanol–water partition coefficient (Wildman–Crippen LogP) is 4.51. The Kier molecular flexibility index (Phi) is 4.30. The van der Waals surface area contributed by atoms with Crippen molar-refractivity contribution in [1.29, 1.82) is 0 Å². The summed E-state index contributed by atoms with van der Waals surface area (Å²) in [5.74, 6) is 0.188. The average molecular weight is 272 g/mol. The molecule has 1 aromatic rings. The molecule has 0 spiro atoms. The lowest BCUT2D eigenvalue weighted by molar-refractivity contribution is -0.120. The number of hydrogen-bond acceptors (Lipinski definition) is 1. The Bertz CT molecular complexity index is 414. The zero-order valence-corrected chi connectivity index (χ0v) is 11.0. The molecule has 1 saturated carbocycles. The molecule has 0 atom stereocenters. The second-order valence-corrected chi connectivity index (χ2v) is 5.21. The van der Waals surface area contributed by atoms with Gasteiger partial charge in [-0.3, -0.25) is 4.79 Å². The molecule has 2 rings (SSSR count). The van der Waals surface area contributed by atoms with E-state index >= 15 is 0 Å². The van der Waals surface area contributed by atoms with Crippen molar-refractivity contribution < 1.29 is 4.79 Å². The molecule has 0 heterocycles. The van der Waals surface area contributed by atoms with E-state index in [1.165, 1.54) is 6.42 Å². The summed E-state index contributed by atoms with van der Waals surface area (Å²) in [6.07, 6.45) is 5.47. The molecular formula is C13H15Cl2NO. The predicted molar refractivity (Wildman–Crippen MR) is 71.7 cm³/mol. The van der Waals surface area contributed by atoms with Crippen molar-refractivity contribution in [3.05, 3.63) is 28.2 Å². The largest absolute Gasteiger partial charge is 0.324 e. The molecule has 1 fully saturated rings. The number of hydrogen-bond donors (Lipinski definition) is 1. The second-order valence-electron chi connectivity index (χ2n) is 4.43. The van der Waals surface area contributed by atoms with Gasteiger partial charge in [0, 0.05) is 5.92 Å². The number of carbonyl (C=O) groups excluding carboxylic acids is 1. The van der Waals surface area contributed by atoms with Gasteiger partial charge in [0.1, 0.15) is 0 Å². The maximum absolute atomic E-state index is 12.0. The fourth-order valence-electron chi connectivity index (χ4n) is 2.20. The summed E-state index contributed by atoms with van der Waals surface area (Å²) < 4.78 is 0. The number of benzene rings is 1. The normalized spacial score (nSPS) is 16.8. The molecule has 0 saturated heterocycles. The smallest absolute Gasteiger partial charge is 0.227 e. The summed E-state index contributed by atoms with van der Waals surface area (Å²) in [7, 11) is 0. The third-order valence-electron chi connectivity index (χ3n) is 3.19. The molecule has 17 heavy (non-hydrogen) atoms. The van der Waals surface area contributed by atoms with Gasteiger partial charge in [0.25, 0.3) is 0 Å². The van der Waals surface area contributed by atoms with E-state index in [0.717, 1.165) is 25.7 Å². The lowest BCUT2D eigenvalue weighted by Gasteiger charge is -2.21. The molecule has 2 nitrogen and oxygen atoms in total. The standard InChI is InChI=1S/C13H15Cl2NO/c14-10-7-4-8-11(12(10)15)16-13(17)9-5-2-1-3-6-9/h4,7-9H,1-3,5-6H2,(H,16,17). The van der Waals surface area contributed by atoms with Gasteiger partial charge in [0.15, 0.2) is 0 Å². The molecule has 1 aliphatic carbocycles. The summed E-state index contributed by atoms with van der Waals surface area (Å²) in [6.45, 7) is 0. The Hall–Kier alpha value is -0.730. The third-order valence-corrected chi connectivity index (χ3v) is 4.00. The summed E-state index contributed by atoms with van der Waals surface area (Å²) in [4.78, 5) is 12.0. The van der Waals surface area contributed by atoms with Crippen LogP contribution in [0.3, 0.4) is 0 Å². The maximum atomic E-state index is 12.0. The van der Waals surface area contributed by atoms with Crippen LogP contribution in [0.4, 0.5) is 5.69 Å². The zero-order chi connectivity index (χ0) is 12.3. The fourth-order valence-corrected chi connectivity index (χ4v) is 2.55. The van der Waals surface area contributed by atoms with Gasteiger partial charge < -0.3 is 5.32 Å². The monoisotopic (exact) mass is 271 g/mol. The lowest BCUT2D eigenvalue weighted by atomic mass is 9.88. The molecular weight excluding hydrogens is 257 g/mol. The van der Waals surface area contributed by atoms with Crippen LogP contribution >= 0.6 is 23.2 Å². The molecule has 0 bridgehead atoms. The molecule has 1 amide bonds. The minimum atomic E-state index is 0.0638. The van der Waals surface area contributed by atoms with Gasteiger partial charge >= 0.3 is 0 Å². The third kappa shape index (κ3) is 3.14. The van der Waals surface area contributed by atoms with Crippen LogP contribution < -0.4 is 5.32 Å². The Balaban J connectivity index is 2.04. The van der Waals surface area contributed by atoms with E-state index in [4.69, 9.17) is 23.2 Å². The minimum Gasteiger partial charge on any atom is -0.324 e. The molecule has 92 valence electrons. The minimum absolute atomic E-state index is 0.0638. The first kappa shape index (κ1) is 12.7. The first-order valence-electron chi connectivity index (χ1n) is 5.93. The number of halogens is 2. The number of carbonyl (C=O) groups is 1. The van der Waals surface area contributed by atoms with E-state index in [1.54, 1.807) is 18.2 Å². The first-order chi connectivity index (χ1) is 8.18. The molecule has 1 aromatic carbocycles. The molecule has 0 aromatic heterocycles. The highest BCUT2D eigenvalue weighted by Gasteiger charge is 2.21. The van der Waals surface area contributed by atoms with Crippen molar-refractivity contribution >= 4 is 34.8 Å². The van der Waals surface area contributed by atoms with Gasteiger partial charge in [-0.05, 0) is 25.0 Å². The second kappa shape index (κ2) is 5.74. The van der Waals surface area contributed by atoms with Crippen LogP contribution in [0.25, 0.3) is 0 Å². The molecule has 1 N–H and O–H groups in total. The quantitative estimate of drug-likeness (QED) is 0.843. The molecule has 0 unspecified atom stereocenters. The Labute approximate surface area is 111 Å². The molecule has 4 heteroatoms. The fraction of sp³-hybridized carbons (Fsp3) is 0.462. The van der Waals surface area contributed by atoms with E-state index in [1.807, 2.05) is 0 Å². The highest BCUT2D eigenvalue weighted by atomic mass is 35.5. The lowest BCUT2D eigenvalue weighted by Crippen LogP contribution is -2.24. The van der Waals surface area contributed by atoms with Gasteiger partial charge in [0.05, 0.1) is 15.7 Å². The summed E-state index contributed by atoms with van der Waals surface area (Å²) in [6, 6.07) is 5.26. The zero-order valence-electron chi connectivity index (χ0n) is 9.51. The van der Waals surface area contributed by atoms with E-state index in [0.29, 0.717) is 15.7 Å². The van der Waals surface area contributed by atoms with Gasteiger partial charge in [-0.25, -0.2) is 0 Å². The van der Waals surface area contributed by atoms with Crippen LogP contribution in [-0.4, -0.2) is 5.91 Å². The van der Waals surface area contributed by atoms with Gasteiger partial charge in [-0.2, -0.15) is 0 Å². The van der Waals surface area contributed by atoms with E-state index in [2.05, 4.69) is 5.32 Å². The topological polar surface area (TPSA) is 29.1 Å². The Morgan fingerprint density at radius 2 is 1.88 bits per heavy atom. The number of anilines is 1. The van der Waals surface area contributed by atoms with Gasteiger partial charge in [-0.15, -0.1) is 0 Å². The van der Waals surface area contributed by atoms with Gasteiger partial charge in [0.2, 0.25) is 5.91 Å². The Morgan fingerprint density at radius 1 is 1.18 bits per heavy atom. The van der Waals surface area contributed by atoms with E-state index < -0.39 is 0 Å². The van der Waals surface area contributed by atoms with Crippen LogP contribution in [0.15, 0.2) is 18.2 Å². The Morgan fingerprint density at radius 3 is 2.59 bits per heavy atom. The average Bonchev–Trinajstić information content (AvgIpc) is 2.36. The van der Waals surface area contributed by atoms with Crippen molar-refractivity contribution in [1.82, 2.24) is 0 Å². The van der Waals surface area contributed by atoms with Crippen LogP contribution in [0.5, 0.6) is 0 Å². The van der Waals surface area contributed by atoms with Crippen LogP contribution in [-0.2, 0) is 4.79 Å². The van der Waals surface area contributed by atoms with Crippen molar-refractivity contribution in [2.45, 2.75) is 32.1 Å². The van der Waals surface area contributed by atoms with Crippen molar-refractivity contribution in [2.75, 3.05) is 5.32 Å². The summed E-state index contributed by atoms with van der Waals surface area (Å²) in [5.41, 5.74) is 0.606. The highest BCUT2D eigenvalue weighted by Crippen LogP contribution is 2.31. The maximum Gasteiger partial charge on any atom is 0.227 e. The number of amides is 1. The molecule has 0 aliphatic heterocycles. The summed E-state index contributed by atoms with van der Waals surface area (Å²) >= 11 is 11.9. The first-order valence-corrected chi connectivity index (χ1v) is 6.69. The van der Waals surface area contributed by atoms with Crippen molar-refractivity contribution in [3.8, 4) is 0 Å². The van der Waals surface area contributed by atoms with Crippen LogP contribution in [0.1, 0.15) is 32.1 Å². The number of rotatable bonds is 2. The van der Waals surface area contributed by atoms with Gasteiger partial charge in [-0.1, -0.05) is 48.5 Å².